The minimum absolute atomic E-state index is 0.0385. The van der Waals surface area contributed by atoms with Crippen LogP contribution >= 0.6 is 0 Å². The van der Waals surface area contributed by atoms with Gasteiger partial charge in [0.25, 0.3) is 0 Å². The standard InChI is InChI=1S/C15H29N3O/c1-18(2)15(9-5-3-6-10-15)12-17-14(19)13-8-4-7-11-16-13/h13,16H,3-12H2,1-2H3,(H,17,19)/t13-/m0/s1. The molecule has 0 bridgehead atoms. The van der Waals surface area contributed by atoms with E-state index in [0.29, 0.717) is 0 Å². The summed E-state index contributed by atoms with van der Waals surface area (Å²) in [7, 11) is 4.30. The molecule has 1 saturated carbocycles. The summed E-state index contributed by atoms with van der Waals surface area (Å²) in [5, 5.41) is 6.52. The van der Waals surface area contributed by atoms with Crippen LogP contribution in [0, 0.1) is 0 Å². The van der Waals surface area contributed by atoms with E-state index in [1.165, 1.54) is 44.9 Å². The van der Waals surface area contributed by atoms with E-state index in [1.807, 2.05) is 0 Å². The molecule has 2 rings (SSSR count). The molecule has 1 atom stereocenters. The Balaban J connectivity index is 1.86. The number of nitrogens with zero attached hydrogens (tertiary/aromatic N) is 1. The van der Waals surface area contributed by atoms with E-state index in [2.05, 4.69) is 29.6 Å². The Bertz CT molecular complexity index is 292. The van der Waals surface area contributed by atoms with Crippen molar-refractivity contribution in [2.24, 2.45) is 0 Å². The lowest BCUT2D eigenvalue weighted by Gasteiger charge is -2.43. The zero-order valence-corrected chi connectivity index (χ0v) is 12.5. The Hall–Kier alpha value is -0.610. The molecule has 0 spiro atoms. The fraction of sp³-hybridized carbons (Fsp3) is 0.933. The van der Waals surface area contributed by atoms with Gasteiger partial charge in [0.1, 0.15) is 0 Å². The fourth-order valence-electron chi connectivity index (χ4n) is 3.44. The molecular weight excluding hydrogens is 238 g/mol. The molecule has 2 fully saturated rings. The Kier molecular flexibility index (Phi) is 5.22. The van der Waals surface area contributed by atoms with E-state index in [4.69, 9.17) is 0 Å². The van der Waals surface area contributed by atoms with E-state index in [9.17, 15) is 4.79 Å². The number of carbonyl (C=O) groups excluding carboxylic acids is 1. The maximum absolute atomic E-state index is 12.2. The normalized spacial score (nSPS) is 27.2. The first-order valence-corrected chi connectivity index (χ1v) is 7.83. The number of likely N-dealkylation sites (N-methyl/N-ethyl adjacent to an activating group) is 1. The monoisotopic (exact) mass is 267 g/mol. The van der Waals surface area contributed by atoms with Crippen LogP contribution in [-0.2, 0) is 4.79 Å². The lowest BCUT2D eigenvalue weighted by Crippen LogP contribution is -2.56. The predicted molar refractivity (Wildman–Crippen MR) is 78.2 cm³/mol. The van der Waals surface area contributed by atoms with Crippen molar-refractivity contribution >= 4 is 5.91 Å². The average Bonchev–Trinajstić information content (AvgIpc) is 2.46. The largest absolute Gasteiger partial charge is 0.353 e. The Morgan fingerprint density at radius 2 is 1.95 bits per heavy atom. The molecule has 0 radical (unpaired) electrons. The van der Waals surface area contributed by atoms with Crippen LogP contribution in [0.15, 0.2) is 0 Å². The van der Waals surface area contributed by atoms with Gasteiger partial charge in [0.15, 0.2) is 0 Å². The van der Waals surface area contributed by atoms with Gasteiger partial charge in [-0.3, -0.25) is 4.79 Å². The van der Waals surface area contributed by atoms with Crippen LogP contribution < -0.4 is 10.6 Å². The zero-order valence-electron chi connectivity index (χ0n) is 12.5. The van der Waals surface area contributed by atoms with E-state index >= 15 is 0 Å². The molecule has 110 valence electrons. The summed E-state index contributed by atoms with van der Waals surface area (Å²) < 4.78 is 0. The first-order valence-electron chi connectivity index (χ1n) is 7.83. The highest BCUT2D eigenvalue weighted by molar-refractivity contribution is 5.81. The maximum atomic E-state index is 12.2. The lowest BCUT2D eigenvalue weighted by atomic mass is 9.80. The van der Waals surface area contributed by atoms with Crippen molar-refractivity contribution in [3.63, 3.8) is 0 Å². The van der Waals surface area contributed by atoms with Gasteiger partial charge in [-0.05, 0) is 46.3 Å². The van der Waals surface area contributed by atoms with Gasteiger partial charge >= 0.3 is 0 Å². The number of hydrogen-bond acceptors (Lipinski definition) is 3. The second kappa shape index (κ2) is 6.71. The Labute approximate surface area is 117 Å². The highest BCUT2D eigenvalue weighted by Gasteiger charge is 2.35. The predicted octanol–water partition coefficient (Wildman–Crippen LogP) is 1.51. The molecule has 2 aliphatic rings. The summed E-state index contributed by atoms with van der Waals surface area (Å²) in [6.45, 7) is 1.79. The second-order valence-electron chi connectivity index (χ2n) is 6.40. The van der Waals surface area contributed by atoms with Gasteiger partial charge < -0.3 is 15.5 Å². The first-order chi connectivity index (χ1) is 9.14. The summed E-state index contributed by atoms with van der Waals surface area (Å²) in [5.74, 6) is 0.200. The van der Waals surface area contributed by atoms with Crippen molar-refractivity contribution in [2.75, 3.05) is 27.2 Å². The molecule has 0 aromatic rings. The maximum Gasteiger partial charge on any atom is 0.237 e. The number of rotatable bonds is 4. The molecule has 1 aliphatic carbocycles. The summed E-state index contributed by atoms with van der Waals surface area (Å²) in [6, 6.07) is 0.0385. The van der Waals surface area contributed by atoms with Gasteiger partial charge in [-0.15, -0.1) is 0 Å². The minimum Gasteiger partial charge on any atom is -0.353 e. The molecule has 0 aromatic carbocycles. The molecule has 0 aromatic heterocycles. The molecule has 19 heavy (non-hydrogen) atoms. The number of hydrogen-bond donors (Lipinski definition) is 2. The summed E-state index contributed by atoms with van der Waals surface area (Å²) in [4.78, 5) is 14.5. The molecular formula is C15H29N3O. The lowest BCUT2D eigenvalue weighted by molar-refractivity contribution is -0.124. The summed E-state index contributed by atoms with van der Waals surface area (Å²) in [5.41, 5.74) is 0.183. The summed E-state index contributed by atoms with van der Waals surface area (Å²) in [6.07, 6.45) is 9.69. The van der Waals surface area contributed by atoms with Crippen molar-refractivity contribution in [3.05, 3.63) is 0 Å². The van der Waals surface area contributed by atoms with Gasteiger partial charge in [0, 0.05) is 12.1 Å². The molecule has 4 heteroatoms. The van der Waals surface area contributed by atoms with Crippen LogP contribution in [-0.4, -0.2) is 49.6 Å². The van der Waals surface area contributed by atoms with Crippen LogP contribution in [0.4, 0.5) is 0 Å². The van der Waals surface area contributed by atoms with E-state index in [0.717, 1.165) is 19.5 Å². The van der Waals surface area contributed by atoms with Gasteiger partial charge in [0.2, 0.25) is 5.91 Å². The van der Waals surface area contributed by atoms with Gasteiger partial charge in [0.05, 0.1) is 6.04 Å². The van der Waals surface area contributed by atoms with E-state index in [1.54, 1.807) is 0 Å². The van der Waals surface area contributed by atoms with Crippen LogP contribution in [0.3, 0.4) is 0 Å². The molecule has 2 N–H and O–H groups in total. The van der Waals surface area contributed by atoms with Crippen molar-refractivity contribution in [2.45, 2.75) is 62.9 Å². The third-order valence-corrected chi connectivity index (χ3v) is 4.95. The smallest absolute Gasteiger partial charge is 0.237 e. The second-order valence-corrected chi connectivity index (χ2v) is 6.40. The van der Waals surface area contributed by atoms with Crippen LogP contribution in [0.1, 0.15) is 51.4 Å². The van der Waals surface area contributed by atoms with Crippen molar-refractivity contribution in [1.82, 2.24) is 15.5 Å². The Morgan fingerprint density at radius 1 is 1.21 bits per heavy atom. The van der Waals surface area contributed by atoms with Crippen molar-refractivity contribution < 1.29 is 4.79 Å². The quantitative estimate of drug-likeness (QED) is 0.811. The van der Waals surface area contributed by atoms with E-state index < -0.39 is 0 Å². The van der Waals surface area contributed by atoms with E-state index in [-0.39, 0.29) is 17.5 Å². The SMILES string of the molecule is CN(C)C1(CNC(=O)[C@@H]2CCCCN2)CCCCC1. The third-order valence-electron chi connectivity index (χ3n) is 4.95. The molecule has 1 aliphatic heterocycles. The van der Waals surface area contributed by atoms with Gasteiger partial charge in [-0.2, -0.15) is 0 Å². The summed E-state index contributed by atoms with van der Waals surface area (Å²) >= 11 is 0. The molecule has 0 unspecified atom stereocenters. The number of nitrogens with one attached hydrogen (secondary N) is 2. The number of carbonyl (C=O) groups is 1. The van der Waals surface area contributed by atoms with Crippen molar-refractivity contribution in [1.29, 1.82) is 0 Å². The molecule has 4 nitrogen and oxygen atoms in total. The minimum atomic E-state index is 0.0385. The number of piperidine rings is 1. The highest BCUT2D eigenvalue weighted by atomic mass is 16.2. The molecule has 1 saturated heterocycles. The average molecular weight is 267 g/mol. The van der Waals surface area contributed by atoms with Crippen LogP contribution in [0.5, 0.6) is 0 Å². The molecule has 1 heterocycles. The highest BCUT2D eigenvalue weighted by Crippen LogP contribution is 2.31. The van der Waals surface area contributed by atoms with Crippen molar-refractivity contribution in [3.8, 4) is 0 Å². The van der Waals surface area contributed by atoms with Crippen LogP contribution in [0.25, 0.3) is 0 Å². The zero-order chi connectivity index (χ0) is 13.7. The first kappa shape index (κ1) is 14.8. The molecule has 1 amide bonds. The topological polar surface area (TPSA) is 44.4 Å². The number of amides is 1. The Morgan fingerprint density at radius 3 is 2.53 bits per heavy atom. The third kappa shape index (κ3) is 3.69. The van der Waals surface area contributed by atoms with Gasteiger partial charge in [-0.1, -0.05) is 25.7 Å². The van der Waals surface area contributed by atoms with Gasteiger partial charge in [-0.25, -0.2) is 0 Å². The van der Waals surface area contributed by atoms with Crippen LogP contribution in [0.2, 0.25) is 0 Å². The fourth-order valence-corrected chi connectivity index (χ4v) is 3.44.